The van der Waals surface area contributed by atoms with E-state index in [1.54, 1.807) is 4.90 Å². The van der Waals surface area contributed by atoms with Crippen LogP contribution in [0.5, 0.6) is 5.75 Å². The maximum atomic E-state index is 13.0. The van der Waals surface area contributed by atoms with Gasteiger partial charge < -0.3 is 15.0 Å². The Balaban J connectivity index is 1.01. The number of aromatic amines is 1. The van der Waals surface area contributed by atoms with Gasteiger partial charge in [0.25, 0.3) is 0 Å². The van der Waals surface area contributed by atoms with Gasteiger partial charge in [0, 0.05) is 30.2 Å². The SMILES string of the molecule is C[C@H]1CC2(C(=O)Nc3c[nH]c4ccc(OCC[C@@H]5C[C@@H]6CN(CC(F)(F)F)C[C@@H]6C5)cc34)CC1C2. The highest BCUT2D eigenvalue weighted by molar-refractivity contribution is 6.04. The number of H-pyrrole nitrogens is 1. The van der Waals surface area contributed by atoms with E-state index in [4.69, 9.17) is 4.74 Å². The number of nitrogens with one attached hydrogen (secondary N) is 2. The third-order valence-corrected chi connectivity index (χ3v) is 9.33. The van der Waals surface area contributed by atoms with Crippen molar-refractivity contribution in [2.24, 2.45) is 35.0 Å². The number of carbonyl (C=O) groups is 1. The van der Waals surface area contributed by atoms with Crippen LogP contribution in [0.2, 0.25) is 0 Å². The summed E-state index contributed by atoms with van der Waals surface area (Å²) in [6.07, 6.45) is 3.68. The van der Waals surface area contributed by atoms with Gasteiger partial charge >= 0.3 is 6.18 Å². The van der Waals surface area contributed by atoms with Gasteiger partial charge in [-0.25, -0.2) is 0 Å². The van der Waals surface area contributed by atoms with E-state index in [1.165, 1.54) is 0 Å². The molecule has 190 valence electrons. The summed E-state index contributed by atoms with van der Waals surface area (Å²) in [6.45, 7) is 3.21. The molecular formula is C27H34F3N3O2. The molecule has 1 aromatic heterocycles. The van der Waals surface area contributed by atoms with Crippen LogP contribution in [-0.2, 0) is 4.79 Å². The van der Waals surface area contributed by atoms with Gasteiger partial charge in [-0.15, -0.1) is 0 Å². The van der Waals surface area contributed by atoms with E-state index in [2.05, 4.69) is 17.2 Å². The highest BCUT2D eigenvalue weighted by Gasteiger charge is 2.58. The molecule has 0 radical (unpaired) electrons. The van der Waals surface area contributed by atoms with Crippen molar-refractivity contribution in [2.45, 2.75) is 51.6 Å². The Hall–Kier alpha value is -2.22. The first kappa shape index (κ1) is 23.2. The molecule has 4 saturated carbocycles. The standard InChI is InChI=1S/C27H34F3N3O2/c1-16-9-26(10-20(16)11-26)25(34)32-24-12-31-23-3-2-21(8-22(23)24)35-5-4-17-6-18-13-33(14-19(18)7-17)15-27(28,29)30/h2-3,8,12,16-20,31H,4-7,9-11,13-15H2,1H3,(H,32,34)/t16-,17-,18-,19+,20?,26?/m0/s1. The molecule has 1 saturated heterocycles. The van der Waals surface area contributed by atoms with E-state index in [1.807, 2.05) is 24.4 Å². The van der Waals surface area contributed by atoms with Gasteiger partial charge in [0.2, 0.25) is 5.91 Å². The quantitative estimate of drug-likeness (QED) is 0.514. The fourth-order valence-corrected chi connectivity index (χ4v) is 7.61. The number of aromatic nitrogens is 1. The van der Waals surface area contributed by atoms with Crippen LogP contribution in [0.15, 0.2) is 24.4 Å². The maximum Gasteiger partial charge on any atom is 0.401 e. The molecule has 2 aromatic rings. The molecule has 4 atom stereocenters. The zero-order valence-electron chi connectivity index (χ0n) is 20.2. The van der Waals surface area contributed by atoms with Crippen molar-refractivity contribution in [1.29, 1.82) is 0 Å². The minimum absolute atomic E-state index is 0.144. The number of hydrogen-bond donors (Lipinski definition) is 2. The molecule has 0 unspecified atom stereocenters. The zero-order valence-corrected chi connectivity index (χ0v) is 20.2. The molecule has 5 nitrogen and oxygen atoms in total. The van der Waals surface area contributed by atoms with Crippen molar-refractivity contribution < 1.29 is 22.7 Å². The summed E-state index contributed by atoms with van der Waals surface area (Å²) in [5.41, 5.74) is 1.59. The minimum Gasteiger partial charge on any atom is -0.494 e. The molecule has 1 aliphatic heterocycles. The molecule has 5 aliphatic rings. The van der Waals surface area contributed by atoms with E-state index in [0.29, 0.717) is 49.3 Å². The molecule has 0 spiro atoms. The van der Waals surface area contributed by atoms with Crippen LogP contribution in [0.4, 0.5) is 18.9 Å². The third-order valence-electron chi connectivity index (χ3n) is 9.33. The number of anilines is 1. The van der Waals surface area contributed by atoms with E-state index >= 15 is 0 Å². The molecule has 7 rings (SSSR count). The summed E-state index contributed by atoms with van der Waals surface area (Å²) >= 11 is 0. The molecular weight excluding hydrogens is 455 g/mol. The van der Waals surface area contributed by atoms with E-state index in [0.717, 1.165) is 60.9 Å². The fraction of sp³-hybridized carbons (Fsp3) is 0.667. The number of benzene rings is 1. The summed E-state index contributed by atoms with van der Waals surface area (Å²) < 4.78 is 44.1. The number of hydrogen-bond acceptors (Lipinski definition) is 3. The molecule has 8 heteroatoms. The highest BCUT2D eigenvalue weighted by atomic mass is 19.4. The Labute approximate surface area is 203 Å². The van der Waals surface area contributed by atoms with Crippen molar-refractivity contribution >= 4 is 22.5 Å². The number of nitrogens with zero attached hydrogens (tertiary/aromatic N) is 1. The Morgan fingerprint density at radius 3 is 2.57 bits per heavy atom. The fourth-order valence-electron chi connectivity index (χ4n) is 7.61. The number of carbonyl (C=O) groups excluding carboxylic acids is 1. The minimum atomic E-state index is -4.11. The second kappa shape index (κ2) is 8.43. The van der Waals surface area contributed by atoms with Crippen molar-refractivity contribution in [1.82, 2.24) is 9.88 Å². The molecule has 2 N–H and O–H groups in total. The molecule has 4 aliphatic carbocycles. The highest BCUT2D eigenvalue weighted by Crippen LogP contribution is 2.62. The summed E-state index contributed by atoms with van der Waals surface area (Å²) in [5.74, 6) is 3.56. The van der Waals surface area contributed by atoms with Gasteiger partial charge in [-0.2, -0.15) is 13.2 Å². The second-order valence-corrected chi connectivity index (χ2v) is 11.8. The average molecular weight is 490 g/mol. The Bertz CT molecular complexity index is 1090. The molecule has 1 aromatic carbocycles. The maximum absolute atomic E-state index is 13.0. The van der Waals surface area contributed by atoms with E-state index < -0.39 is 12.7 Å². The average Bonchev–Trinajstić information content (AvgIpc) is 3.53. The number of amides is 1. The van der Waals surface area contributed by atoms with Crippen LogP contribution in [-0.4, -0.2) is 48.2 Å². The lowest BCUT2D eigenvalue weighted by molar-refractivity contribution is -0.144. The second-order valence-electron chi connectivity index (χ2n) is 11.8. The first-order valence-corrected chi connectivity index (χ1v) is 13.0. The van der Waals surface area contributed by atoms with Crippen molar-refractivity contribution in [3.05, 3.63) is 24.4 Å². The molecule has 2 bridgehead atoms. The topological polar surface area (TPSA) is 57.4 Å². The summed E-state index contributed by atoms with van der Waals surface area (Å²) in [6, 6.07) is 5.90. The van der Waals surface area contributed by atoms with Gasteiger partial charge in [-0.3, -0.25) is 9.69 Å². The van der Waals surface area contributed by atoms with Crippen LogP contribution in [0.1, 0.15) is 45.4 Å². The summed E-state index contributed by atoms with van der Waals surface area (Å²) in [7, 11) is 0. The first-order chi connectivity index (χ1) is 16.7. The van der Waals surface area contributed by atoms with Gasteiger partial charge in [0.1, 0.15) is 5.75 Å². The number of halogens is 3. The summed E-state index contributed by atoms with van der Waals surface area (Å²) in [5, 5.41) is 4.13. The Morgan fingerprint density at radius 2 is 1.91 bits per heavy atom. The first-order valence-electron chi connectivity index (χ1n) is 13.0. The van der Waals surface area contributed by atoms with E-state index in [-0.39, 0.29) is 11.3 Å². The number of fused-ring (bicyclic) bond motifs is 3. The van der Waals surface area contributed by atoms with Crippen LogP contribution in [0.3, 0.4) is 0 Å². The number of alkyl halides is 3. The van der Waals surface area contributed by atoms with E-state index in [9.17, 15) is 18.0 Å². The van der Waals surface area contributed by atoms with Gasteiger partial charge in [-0.1, -0.05) is 6.92 Å². The van der Waals surface area contributed by atoms with Crippen molar-refractivity contribution in [3.63, 3.8) is 0 Å². The molecule has 1 amide bonds. The van der Waals surface area contributed by atoms with Gasteiger partial charge in [0.05, 0.1) is 24.3 Å². The molecule has 5 fully saturated rings. The lowest BCUT2D eigenvalue weighted by Crippen LogP contribution is -2.40. The van der Waals surface area contributed by atoms with Crippen molar-refractivity contribution in [2.75, 3.05) is 31.6 Å². The lowest BCUT2D eigenvalue weighted by Gasteiger charge is -2.36. The predicted octanol–water partition coefficient (Wildman–Crippen LogP) is 5.83. The predicted molar refractivity (Wildman–Crippen MR) is 128 cm³/mol. The van der Waals surface area contributed by atoms with Gasteiger partial charge in [-0.05, 0) is 86.3 Å². The van der Waals surface area contributed by atoms with Crippen molar-refractivity contribution in [3.8, 4) is 5.75 Å². The normalized spacial score (nSPS) is 34.2. The third kappa shape index (κ3) is 4.43. The number of rotatable bonds is 7. The lowest BCUT2D eigenvalue weighted by atomic mass is 9.68. The monoisotopic (exact) mass is 489 g/mol. The van der Waals surface area contributed by atoms with Crippen LogP contribution in [0.25, 0.3) is 10.9 Å². The molecule has 35 heavy (non-hydrogen) atoms. The van der Waals surface area contributed by atoms with Crippen LogP contribution in [0, 0.1) is 35.0 Å². The Kier molecular flexibility index (Phi) is 5.58. The Morgan fingerprint density at radius 1 is 1.17 bits per heavy atom. The van der Waals surface area contributed by atoms with Crippen LogP contribution >= 0.6 is 0 Å². The smallest absolute Gasteiger partial charge is 0.401 e. The molecule has 2 heterocycles. The number of likely N-dealkylation sites (tertiary alicyclic amines) is 1. The van der Waals surface area contributed by atoms with Crippen LogP contribution < -0.4 is 10.1 Å². The largest absolute Gasteiger partial charge is 0.494 e. The summed E-state index contributed by atoms with van der Waals surface area (Å²) in [4.78, 5) is 17.8. The zero-order chi connectivity index (χ0) is 24.4. The van der Waals surface area contributed by atoms with Gasteiger partial charge in [0.15, 0.2) is 0 Å². The number of ether oxygens (including phenoxy) is 1.